The molecule has 0 aliphatic heterocycles. The normalized spacial score (nSPS) is 10.5. The second kappa shape index (κ2) is 4.13. The number of fused-ring (bicyclic) bond motifs is 1. The molecule has 1 aromatic carbocycles. The van der Waals surface area contributed by atoms with Crippen LogP contribution >= 0.6 is 0 Å². The van der Waals surface area contributed by atoms with E-state index in [0.29, 0.717) is 12.2 Å². The Morgan fingerprint density at radius 2 is 2.40 bits per heavy atom. The van der Waals surface area contributed by atoms with Crippen LogP contribution in [-0.2, 0) is 16.0 Å². The summed E-state index contributed by atoms with van der Waals surface area (Å²) >= 11 is 0. The lowest BCUT2D eigenvalue weighted by Crippen LogP contribution is -2.07. The zero-order valence-corrected chi connectivity index (χ0v) is 8.40. The van der Waals surface area contributed by atoms with E-state index in [4.69, 9.17) is 9.15 Å². The highest BCUT2D eigenvalue weighted by atomic mass is 16.5. The van der Waals surface area contributed by atoms with Crippen LogP contribution in [0.5, 0.6) is 0 Å². The first-order chi connectivity index (χ1) is 7.31. The van der Waals surface area contributed by atoms with Crippen molar-refractivity contribution in [2.75, 3.05) is 6.61 Å². The predicted octanol–water partition coefficient (Wildman–Crippen LogP) is 1.93. The summed E-state index contributed by atoms with van der Waals surface area (Å²) in [5.41, 5.74) is 2.23. The van der Waals surface area contributed by atoms with Gasteiger partial charge in [-0.3, -0.25) is 4.79 Å². The Hall–Kier alpha value is -1.84. The molecule has 2 rings (SSSR count). The van der Waals surface area contributed by atoms with Crippen molar-refractivity contribution in [1.29, 1.82) is 0 Å². The van der Waals surface area contributed by atoms with Gasteiger partial charge in [0.25, 0.3) is 0 Å². The zero-order chi connectivity index (χ0) is 10.7. The van der Waals surface area contributed by atoms with Crippen molar-refractivity contribution in [3.63, 3.8) is 0 Å². The van der Waals surface area contributed by atoms with Gasteiger partial charge in [-0.25, -0.2) is 4.98 Å². The fourth-order valence-electron chi connectivity index (χ4n) is 1.45. The summed E-state index contributed by atoms with van der Waals surface area (Å²) in [7, 11) is 0. The minimum absolute atomic E-state index is 0.223. The minimum atomic E-state index is -0.249. The molecule has 78 valence electrons. The Kier molecular flexibility index (Phi) is 2.67. The van der Waals surface area contributed by atoms with Gasteiger partial charge >= 0.3 is 5.97 Å². The van der Waals surface area contributed by atoms with E-state index >= 15 is 0 Å². The standard InChI is InChI=1S/C11H11NO3/c1-2-14-10(13)6-8-4-3-5-9-11(8)15-7-12-9/h3-5,7H,2,6H2,1H3. The number of carbonyl (C=O) groups is 1. The molecule has 0 aliphatic carbocycles. The number of hydrogen-bond donors (Lipinski definition) is 0. The second-order valence-electron chi connectivity index (χ2n) is 3.10. The van der Waals surface area contributed by atoms with Gasteiger partial charge in [0.1, 0.15) is 5.52 Å². The molecule has 0 amide bonds. The van der Waals surface area contributed by atoms with Gasteiger partial charge in [0.05, 0.1) is 13.0 Å². The number of aromatic nitrogens is 1. The van der Waals surface area contributed by atoms with Gasteiger partial charge in [-0.1, -0.05) is 12.1 Å². The summed E-state index contributed by atoms with van der Waals surface area (Å²) in [6, 6.07) is 5.53. The topological polar surface area (TPSA) is 52.3 Å². The molecule has 0 unspecified atom stereocenters. The van der Waals surface area contributed by atoms with Crippen LogP contribution in [-0.4, -0.2) is 17.6 Å². The van der Waals surface area contributed by atoms with Gasteiger partial charge in [-0.2, -0.15) is 0 Å². The van der Waals surface area contributed by atoms with Crippen molar-refractivity contribution in [3.05, 3.63) is 30.2 Å². The number of benzene rings is 1. The zero-order valence-electron chi connectivity index (χ0n) is 8.40. The quantitative estimate of drug-likeness (QED) is 0.718. The highest BCUT2D eigenvalue weighted by Gasteiger charge is 2.09. The Morgan fingerprint density at radius 1 is 1.53 bits per heavy atom. The summed E-state index contributed by atoms with van der Waals surface area (Å²) in [4.78, 5) is 15.3. The smallest absolute Gasteiger partial charge is 0.310 e. The first-order valence-electron chi connectivity index (χ1n) is 4.78. The second-order valence-corrected chi connectivity index (χ2v) is 3.10. The van der Waals surface area contributed by atoms with Gasteiger partial charge in [0.15, 0.2) is 12.0 Å². The van der Waals surface area contributed by atoms with E-state index in [1.54, 1.807) is 6.92 Å². The molecular weight excluding hydrogens is 194 g/mol. The van der Waals surface area contributed by atoms with E-state index in [-0.39, 0.29) is 12.4 Å². The molecule has 0 spiro atoms. The first kappa shape index (κ1) is 9.71. The van der Waals surface area contributed by atoms with E-state index in [0.717, 1.165) is 11.1 Å². The van der Waals surface area contributed by atoms with E-state index < -0.39 is 0 Å². The molecule has 0 N–H and O–H groups in total. The summed E-state index contributed by atoms with van der Waals surface area (Å²) < 4.78 is 10.1. The first-order valence-corrected chi connectivity index (χ1v) is 4.78. The minimum Gasteiger partial charge on any atom is -0.466 e. The van der Waals surface area contributed by atoms with Gasteiger partial charge in [0, 0.05) is 5.56 Å². The van der Waals surface area contributed by atoms with E-state index in [9.17, 15) is 4.79 Å². The van der Waals surface area contributed by atoms with Crippen LogP contribution in [0.1, 0.15) is 12.5 Å². The lowest BCUT2D eigenvalue weighted by molar-refractivity contribution is -0.142. The van der Waals surface area contributed by atoms with E-state index in [1.807, 2.05) is 18.2 Å². The molecule has 4 nitrogen and oxygen atoms in total. The van der Waals surface area contributed by atoms with Crippen molar-refractivity contribution in [2.24, 2.45) is 0 Å². The Balaban J connectivity index is 2.27. The van der Waals surface area contributed by atoms with Gasteiger partial charge in [-0.15, -0.1) is 0 Å². The number of rotatable bonds is 3. The predicted molar refractivity (Wildman–Crippen MR) is 54.3 cm³/mol. The largest absolute Gasteiger partial charge is 0.466 e. The van der Waals surface area contributed by atoms with Gasteiger partial charge in [-0.05, 0) is 13.0 Å². The Labute approximate surface area is 86.9 Å². The van der Waals surface area contributed by atoms with Crippen LogP contribution < -0.4 is 0 Å². The average molecular weight is 205 g/mol. The molecule has 15 heavy (non-hydrogen) atoms. The number of ether oxygens (including phenoxy) is 1. The SMILES string of the molecule is CCOC(=O)Cc1cccc2ncoc12. The van der Waals surface area contributed by atoms with Crippen molar-refractivity contribution in [1.82, 2.24) is 4.98 Å². The van der Waals surface area contributed by atoms with E-state index in [2.05, 4.69) is 4.98 Å². The fraction of sp³-hybridized carbons (Fsp3) is 0.273. The molecule has 0 saturated heterocycles. The van der Waals surface area contributed by atoms with Crippen LogP contribution in [0.15, 0.2) is 29.0 Å². The lowest BCUT2D eigenvalue weighted by atomic mass is 10.1. The fourth-order valence-corrected chi connectivity index (χ4v) is 1.45. The monoisotopic (exact) mass is 205 g/mol. The third kappa shape index (κ3) is 1.98. The van der Waals surface area contributed by atoms with Gasteiger partial charge < -0.3 is 9.15 Å². The third-order valence-electron chi connectivity index (χ3n) is 2.08. The highest BCUT2D eigenvalue weighted by Crippen LogP contribution is 2.17. The maximum Gasteiger partial charge on any atom is 0.310 e. The lowest BCUT2D eigenvalue weighted by Gasteiger charge is -2.01. The number of hydrogen-bond acceptors (Lipinski definition) is 4. The van der Waals surface area contributed by atoms with Crippen molar-refractivity contribution >= 4 is 17.1 Å². The summed E-state index contributed by atoms with van der Waals surface area (Å²) in [5, 5.41) is 0. The summed E-state index contributed by atoms with van der Waals surface area (Å²) in [6.07, 6.45) is 1.60. The molecule has 0 atom stereocenters. The van der Waals surface area contributed by atoms with Crippen molar-refractivity contribution in [3.8, 4) is 0 Å². The molecule has 0 radical (unpaired) electrons. The highest BCUT2D eigenvalue weighted by molar-refractivity contribution is 5.82. The molecule has 2 aromatic rings. The number of oxazole rings is 1. The molecule has 4 heteroatoms. The molecular formula is C11H11NO3. The van der Waals surface area contributed by atoms with E-state index in [1.165, 1.54) is 6.39 Å². The van der Waals surface area contributed by atoms with Gasteiger partial charge in [0.2, 0.25) is 0 Å². The van der Waals surface area contributed by atoms with Crippen LogP contribution in [0.3, 0.4) is 0 Å². The molecule has 1 heterocycles. The molecule has 1 aromatic heterocycles. The number of carbonyl (C=O) groups excluding carboxylic acids is 1. The molecule has 0 fully saturated rings. The summed E-state index contributed by atoms with van der Waals surface area (Å²) in [6.45, 7) is 2.18. The Bertz CT molecular complexity index is 475. The molecule has 0 bridgehead atoms. The van der Waals surface area contributed by atoms with Crippen molar-refractivity contribution in [2.45, 2.75) is 13.3 Å². The third-order valence-corrected chi connectivity index (χ3v) is 2.08. The van der Waals surface area contributed by atoms with Crippen LogP contribution in [0.2, 0.25) is 0 Å². The summed E-state index contributed by atoms with van der Waals surface area (Å²) in [5.74, 6) is -0.249. The van der Waals surface area contributed by atoms with Crippen LogP contribution in [0, 0.1) is 0 Å². The molecule has 0 saturated carbocycles. The average Bonchev–Trinajstić information content (AvgIpc) is 2.67. The number of nitrogens with zero attached hydrogens (tertiary/aromatic N) is 1. The Morgan fingerprint density at radius 3 is 3.20 bits per heavy atom. The maximum atomic E-state index is 11.3. The number of esters is 1. The molecule has 0 aliphatic rings. The van der Waals surface area contributed by atoms with Crippen molar-refractivity contribution < 1.29 is 13.9 Å². The van der Waals surface area contributed by atoms with Crippen LogP contribution in [0.25, 0.3) is 11.1 Å². The number of para-hydroxylation sites is 1. The maximum absolute atomic E-state index is 11.3. The van der Waals surface area contributed by atoms with Crippen LogP contribution in [0.4, 0.5) is 0 Å².